The van der Waals surface area contributed by atoms with Crippen LogP contribution >= 0.6 is 0 Å². The lowest BCUT2D eigenvalue weighted by Gasteiger charge is -2.28. The van der Waals surface area contributed by atoms with Gasteiger partial charge in [0.25, 0.3) is 0 Å². The molecule has 0 bridgehead atoms. The third kappa shape index (κ3) is 4.89. The number of nitrogen functional groups attached to an aromatic ring is 1. The average molecular weight is 329 g/mol. The van der Waals surface area contributed by atoms with Gasteiger partial charge in [-0.1, -0.05) is 24.3 Å². The topological polar surface area (TPSA) is 95.2 Å². The number of methoxy groups -OCH3 is 1. The summed E-state index contributed by atoms with van der Waals surface area (Å²) >= 11 is 0. The summed E-state index contributed by atoms with van der Waals surface area (Å²) in [4.78, 5) is 12.5. The molecule has 4 N–H and O–H groups in total. The molecule has 0 saturated carbocycles. The third-order valence-electron chi connectivity index (χ3n) is 3.78. The number of carbonyl (C=O) groups is 1. The molecule has 0 unspecified atom stereocenters. The van der Waals surface area contributed by atoms with E-state index in [1.165, 1.54) is 43.0 Å². The Morgan fingerprint density at radius 3 is 2.33 bits per heavy atom. The third-order valence-corrected chi connectivity index (χ3v) is 3.78. The Bertz CT molecular complexity index is 653. The van der Waals surface area contributed by atoms with Crippen molar-refractivity contribution in [2.24, 2.45) is 0 Å². The smallest absolute Gasteiger partial charge is 0.142 e. The lowest BCUT2D eigenvalue weighted by Crippen LogP contribution is -2.89. The normalized spacial score (nSPS) is 13.6. The number of hydrogen-bond acceptors (Lipinski definition) is 5. The minimum absolute atomic E-state index is 0.147. The van der Waals surface area contributed by atoms with Gasteiger partial charge in [-0.15, -0.1) is 0 Å². The summed E-state index contributed by atoms with van der Waals surface area (Å²) in [6.45, 7) is 4.58. The van der Waals surface area contributed by atoms with Crippen LogP contribution in [-0.4, -0.2) is 39.3 Å². The Morgan fingerprint density at radius 1 is 1.12 bits per heavy atom. The van der Waals surface area contributed by atoms with E-state index in [9.17, 15) is 9.90 Å². The second kappa shape index (κ2) is 8.79. The van der Waals surface area contributed by atoms with E-state index < -0.39 is 5.97 Å². The highest BCUT2D eigenvalue weighted by Crippen LogP contribution is 2.27. The first-order valence-electron chi connectivity index (χ1n) is 7.88. The molecule has 1 aliphatic heterocycles. The van der Waals surface area contributed by atoms with Gasteiger partial charge in [0.2, 0.25) is 0 Å². The fourth-order valence-electron chi connectivity index (χ4n) is 2.50. The minimum atomic E-state index is -1.18. The van der Waals surface area contributed by atoms with Gasteiger partial charge in [0.05, 0.1) is 44.9 Å². The van der Waals surface area contributed by atoms with E-state index in [1.54, 1.807) is 7.11 Å². The molecule has 3 rings (SSSR count). The van der Waals surface area contributed by atoms with Crippen LogP contribution in [0, 0.1) is 0 Å². The van der Waals surface area contributed by atoms with E-state index in [0.29, 0.717) is 5.69 Å². The second-order valence-corrected chi connectivity index (χ2v) is 5.43. The Kier molecular flexibility index (Phi) is 6.45. The molecule has 0 atom stereocenters. The number of aromatic carboxylic acids is 1. The molecule has 0 aromatic heterocycles. The minimum Gasteiger partial charge on any atom is -0.545 e. The zero-order chi connectivity index (χ0) is 17.4. The first-order valence-corrected chi connectivity index (χ1v) is 7.88. The van der Waals surface area contributed by atoms with Crippen molar-refractivity contribution in [1.29, 1.82) is 0 Å². The zero-order valence-electron chi connectivity index (χ0n) is 13.8. The van der Waals surface area contributed by atoms with Crippen LogP contribution in [-0.2, 0) is 0 Å². The van der Waals surface area contributed by atoms with Crippen molar-refractivity contribution in [3.63, 3.8) is 0 Å². The summed E-state index contributed by atoms with van der Waals surface area (Å²) in [5.41, 5.74) is 7.23. The molecule has 6 heteroatoms. The Hall–Kier alpha value is -2.73. The molecule has 6 nitrogen and oxygen atoms in total. The number of para-hydroxylation sites is 2. The van der Waals surface area contributed by atoms with Crippen LogP contribution in [0.3, 0.4) is 0 Å². The molecule has 0 amide bonds. The molecule has 1 saturated heterocycles. The van der Waals surface area contributed by atoms with E-state index in [4.69, 9.17) is 10.5 Å². The first-order chi connectivity index (χ1) is 11.6. The number of quaternary nitrogens is 1. The molecular formula is C18H23N3O3. The summed E-state index contributed by atoms with van der Waals surface area (Å²) < 4.78 is 5.35. The number of nitrogens with zero attached hydrogens (tertiary/aromatic N) is 1. The van der Waals surface area contributed by atoms with E-state index >= 15 is 0 Å². The van der Waals surface area contributed by atoms with Gasteiger partial charge in [0, 0.05) is 5.69 Å². The summed E-state index contributed by atoms with van der Waals surface area (Å²) in [6, 6.07) is 14.1. The number of anilines is 2. The van der Waals surface area contributed by atoms with Crippen molar-refractivity contribution >= 4 is 17.3 Å². The number of carboxylic acid groups (broad SMARTS) is 1. The fourth-order valence-corrected chi connectivity index (χ4v) is 2.50. The average Bonchev–Trinajstić information content (AvgIpc) is 2.63. The van der Waals surface area contributed by atoms with Crippen LogP contribution in [0.4, 0.5) is 11.4 Å². The summed E-state index contributed by atoms with van der Waals surface area (Å²) in [5, 5.41) is 12.5. The number of piperazine rings is 1. The van der Waals surface area contributed by atoms with Crippen molar-refractivity contribution in [3.05, 3.63) is 54.1 Å². The highest BCUT2D eigenvalue weighted by Gasteiger charge is 2.15. The second-order valence-electron chi connectivity index (χ2n) is 5.43. The molecule has 128 valence electrons. The van der Waals surface area contributed by atoms with Crippen molar-refractivity contribution < 1.29 is 20.0 Å². The number of hydrogen-bond donors (Lipinski definition) is 2. The van der Waals surface area contributed by atoms with Crippen LogP contribution in [0.2, 0.25) is 0 Å². The number of carbonyl (C=O) groups excluding carboxylic acids is 1. The first kappa shape index (κ1) is 17.6. The van der Waals surface area contributed by atoms with Gasteiger partial charge < -0.3 is 30.6 Å². The molecule has 24 heavy (non-hydrogen) atoms. The molecule has 2 aromatic carbocycles. The molecule has 2 aromatic rings. The van der Waals surface area contributed by atoms with Gasteiger partial charge in [-0.3, -0.25) is 0 Å². The standard InChI is InChI=1S/C11H16N2O.C7H7NO2/c1-14-11-5-3-2-4-10(11)13-8-6-12-7-9-13;8-6-3-1-5(2-4-6)7(9)10/h2-5,12H,6-9H2,1H3;1-4H,8H2,(H,9,10). The Balaban J connectivity index is 0.000000185. The van der Waals surface area contributed by atoms with Crippen LogP contribution < -0.4 is 25.8 Å². The molecule has 0 radical (unpaired) electrons. The maximum Gasteiger partial charge on any atom is 0.142 e. The predicted octanol–water partition coefficient (Wildman–Crippen LogP) is -0.289. The largest absolute Gasteiger partial charge is 0.545 e. The molecule has 1 fully saturated rings. The monoisotopic (exact) mass is 329 g/mol. The maximum absolute atomic E-state index is 10.2. The van der Waals surface area contributed by atoms with Crippen molar-refractivity contribution in [2.45, 2.75) is 0 Å². The number of nitrogens with two attached hydrogens (primary N) is 2. The van der Waals surface area contributed by atoms with Gasteiger partial charge in [-0.25, -0.2) is 0 Å². The van der Waals surface area contributed by atoms with Gasteiger partial charge in [0.15, 0.2) is 0 Å². The van der Waals surface area contributed by atoms with Crippen molar-refractivity contribution in [2.75, 3.05) is 43.9 Å². The van der Waals surface area contributed by atoms with E-state index in [-0.39, 0.29) is 5.56 Å². The van der Waals surface area contributed by atoms with Gasteiger partial charge in [-0.05, 0) is 29.8 Å². The SMILES string of the molecule is COc1ccccc1N1CC[NH2+]CC1.Nc1ccc(C(=O)[O-])cc1. The predicted molar refractivity (Wildman–Crippen MR) is 92.1 cm³/mol. The van der Waals surface area contributed by atoms with Crippen molar-refractivity contribution in [3.8, 4) is 5.75 Å². The van der Waals surface area contributed by atoms with Crippen LogP contribution in [0.25, 0.3) is 0 Å². The van der Waals surface area contributed by atoms with Gasteiger partial charge in [-0.2, -0.15) is 0 Å². The van der Waals surface area contributed by atoms with Crippen molar-refractivity contribution in [1.82, 2.24) is 0 Å². The molecule has 0 aliphatic carbocycles. The molecular weight excluding hydrogens is 306 g/mol. The highest BCUT2D eigenvalue weighted by atomic mass is 16.5. The lowest BCUT2D eigenvalue weighted by molar-refractivity contribution is -0.655. The lowest BCUT2D eigenvalue weighted by atomic mass is 10.2. The Labute approximate surface area is 141 Å². The fraction of sp³-hybridized carbons (Fsp3) is 0.278. The number of carboxylic acids is 1. The number of rotatable bonds is 3. The Morgan fingerprint density at radius 2 is 1.75 bits per heavy atom. The quantitative estimate of drug-likeness (QED) is 0.755. The van der Waals surface area contributed by atoms with Crippen LogP contribution in [0.5, 0.6) is 5.75 Å². The highest BCUT2D eigenvalue weighted by molar-refractivity contribution is 5.86. The number of benzene rings is 2. The maximum atomic E-state index is 10.2. The van der Waals surface area contributed by atoms with Gasteiger partial charge >= 0.3 is 0 Å². The summed E-state index contributed by atoms with van der Waals surface area (Å²) in [6.07, 6.45) is 0. The summed E-state index contributed by atoms with van der Waals surface area (Å²) in [5.74, 6) is -0.200. The zero-order valence-corrected chi connectivity index (χ0v) is 13.8. The number of ether oxygens (including phenoxy) is 1. The summed E-state index contributed by atoms with van der Waals surface area (Å²) in [7, 11) is 1.73. The van der Waals surface area contributed by atoms with E-state index in [1.807, 2.05) is 12.1 Å². The molecule has 1 heterocycles. The van der Waals surface area contributed by atoms with Crippen LogP contribution in [0.1, 0.15) is 10.4 Å². The molecule has 0 spiro atoms. The van der Waals surface area contributed by atoms with Gasteiger partial charge in [0.1, 0.15) is 5.75 Å². The van der Waals surface area contributed by atoms with Crippen LogP contribution in [0.15, 0.2) is 48.5 Å². The molecule has 1 aliphatic rings. The van der Waals surface area contributed by atoms with E-state index in [0.717, 1.165) is 18.8 Å². The van der Waals surface area contributed by atoms with E-state index in [2.05, 4.69) is 22.3 Å².